The Kier molecular flexibility index (Phi) is 3.94. The van der Waals surface area contributed by atoms with Crippen molar-refractivity contribution < 1.29 is 0 Å². The zero-order valence-electron chi connectivity index (χ0n) is 10.5. The summed E-state index contributed by atoms with van der Waals surface area (Å²) in [5, 5.41) is 12.6. The highest BCUT2D eigenvalue weighted by Crippen LogP contribution is 2.28. The predicted octanol–water partition coefficient (Wildman–Crippen LogP) is 3.97. The fraction of sp³-hybridized carbons (Fsp3) is 0.133. The Hall–Kier alpha value is -2.18. The number of nitrogens with two attached hydrogens (primary N) is 1. The van der Waals surface area contributed by atoms with Crippen LogP contribution in [0.5, 0.6) is 0 Å². The molecule has 19 heavy (non-hydrogen) atoms. The van der Waals surface area contributed by atoms with Crippen LogP contribution in [0.2, 0.25) is 5.02 Å². The van der Waals surface area contributed by atoms with E-state index in [1.54, 1.807) is 18.2 Å². The Morgan fingerprint density at radius 1 is 1.26 bits per heavy atom. The molecule has 3 nitrogen and oxygen atoms in total. The summed E-state index contributed by atoms with van der Waals surface area (Å²) in [5.74, 6) is 0. The number of nitrogens with one attached hydrogen (secondary N) is 1. The molecule has 0 aliphatic rings. The Morgan fingerprint density at radius 2 is 2.00 bits per heavy atom. The smallest absolute Gasteiger partial charge is 0.0992 e. The van der Waals surface area contributed by atoms with Crippen LogP contribution in [-0.2, 0) is 0 Å². The molecule has 0 saturated carbocycles. The minimum Gasteiger partial charge on any atom is -0.398 e. The quantitative estimate of drug-likeness (QED) is 0.831. The summed E-state index contributed by atoms with van der Waals surface area (Å²) in [6, 6.07) is 15.0. The van der Waals surface area contributed by atoms with Gasteiger partial charge in [0.25, 0.3) is 0 Å². The summed E-state index contributed by atoms with van der Waals surface area (Å²) in [6.45, 7) is 2.01. The average Bonchev–Trinajstić information content (AvgIpc) is 2.41. The van der Waals surface area contributed by atoms with Crippen LogP contribution in [0, 0.1) is 11.3 Å². The highest BCUT2D eigenvalue weighted by molar-refractivity contribution is 6.33. The zero-order chi connectivity index (χ0) is 13.8. The van der Waals surface area contributed by atoms with Gasteiger partial charge in [0.15, 0.2) is 0 Å². The molecule has 0 aromatic heterocycles. The SMILES string of the molecule is CC(Nc1ccc(C#N)cc1Cl)c1ccccc1N. The van der Waals surface area contributed by atoms with E-state index in [1.165, 1.54) is 0 Å². The van der Waals surface area contributed by atoms with Gasteiger partial charge in [0, 0.05) is 5.69 Å². The van der Waals surface area contributed by atoms with Gasteiger partial charge in [0.2, 0.25) is 0 Å². The molecule has 4 heteroatoms. The van der Waals surface area contributed by atoms with Crippen molar-refractivity contribution in [3.8, 4) is 6.07 Å². The largest absolute Gasteiger partial charge is 0.398 e. The van der Waals surface area contributed by atoms with Crippen molar-refractivity contribution in [1.82, 2.24) is 0 Å². The van der Waals surface area contributed by atoms with Crippen molar-refractivity contribution in [3.63, 3.8) is 0 Å². The molecule has 96 valence electrons. The number of nitrogen functional groups attached to an aromatic ring is 1. The summed E-state index contributed by atoms with van der Waals surface area (Å²) in [7, 11) is 0. The fourth-order valence-electron chi connectivity index (χ4n) is 1.92. The van der Waals surface area contributed by atoms with Gasteiger partial charge in [0.05, 0.1) is 28.4 Å². The summed E-state index contributed by atoms with van der Waals surface area (Å²) in [4.78, 5) is 0. The van der Waals surface area contributed by atoms with E-state index in [0.29, 0.717) is 10.6 Å². The lowest BCUT2D eigenvalue weighted by Crippen LogP contribution is -2.09. The number of benzene rings is 2. The van der Waals surface area contributed by atoms with Gasteiger partial charge in [-0.15, -0.1) is 0 Å². The van der Waals surface area contributed by atoms with Gasteiger partial charge < -0.3 is 11.1 Å². The highest BCUT2D eigenvalue weighted by atomic mass is 35.5. The van der Waals surface area contributed by atoms with E-state index in [9.17, 15) is 0 Å². The monoisotopic (exact) mass is 271 g/mol. The lowest BCUT2D eigenvalue weighted by Gasteiger charge is -2.18. The van der Waals surface area contributed by atoms with Crippen molar-refractivity contribution in [2.45, 2.75) is 13.0 Å². The number of hydrogen-bond donors (Lipinski definition) is 2. The third-order valence-electron chi connectivity index (χ3n) is 2.93. The maximum Gasteiger partial charge on any atom is 0.0992 e. The Labute approximate surface area is 117 Å². The van der Waals surface area contributed by atoms with Gasteiger partial charge in [-0.3, -0.25) is 0 Å². The minimum absolute atomic E-state index is 0.0339. The zero-order valence-corrected chi connectivity index (χ0v) is 11.3. The molecule has 0 saturated heterocycles. The molecule has 0 spiro atoms. The van der Waals surface area contributed by atoms with Gasteiger partial charge in [-0.2, -0.15) is 5.26 Å². The third kappa shape index (κ3) is 2.98. The number of hydrogen-bond acceptors (Lipinski definition) is 3. The Morgan fingerprint density at radius 3 is 2.63 bits per heavy atom. The molecule has 0 radical (unpaired) electrons. The molecule has 0 amide bonds. The molecule has 3 N–H and O–H groups in total. The van der Waals surface area contributed by atoms with Gasteiger partial charge in [0.1, 0.15) is 0 Å². The van der Waals surface area contributed by atoms with Gasteiger partial charge in [-0.1, -0.05) is 29.8 Å². The molecule has 0 heterocycles. The van der Waals surface area contributed by atoms with Crippen molar-refractivity contribution in [2.24, 2.45) is 0 Å². The average molecular weight is 272 g/mol. The second-order valence-electron chi connectivity index (χ2n) is 4.30. The van der Waals surface area contributed by atoms with E-state index in [4.69, 9.17) is 22.6 Å². The lowest BCUT2D eigenvalue weighted by atomic mass is 10.1. The molecule has 2 rings (SSSR count). The molecule has 2 aromatic rings. The first kappa shape index (κ1) is 13.3. The molecule has 2 aromatic carbocycles. The van der Waals surface area contributed by atoms with Crippen LogP contribution < -0.4 is 11.1 Å². The fourth-order valence-corrected chi connectivity index (χ4v) is 2.15. The van der Waals surface area contributed by atoms with E-state index in [0.717, 1.165) is 16.9 Å². The van der Waals surface area contributed by atoms with Crippen LogP contribution in [0.1, 0.15) is 24.1 Å². The first-order chi connectivity index (χ1) is 9.11. The van der Waals surface area contributed by atoms with E-state index >= 15 is 0 Å². The normalized spacial score (nSPS) is 11.6. The maximum absolute atomic E-state index is 8.80. The number of para-hydroxylation sites is 1. The number of rotatable bonds is 3. The van der Waals surface area contributed by atoms with Crippen LogP contribution in [-0.4, -0.2) is 0 Å². The second kappa shape index (κ2) is 5.64. The number of halogens is 1. The van der Waals surface area contributed by atoms with E-state index < -0.39 is 0 Å². The molecular weight excluding hydrogens is 258 g/mol. The summed E-state index contributed by atoms with van der Waals surface area (Å²) in [6.07, 6.45) is 0. The van der Waals surface area contributed by atoms with Crippen molar-refractivity contribution >= 4 is 23.0 Å². The lowest BCUT2D eigenvalue weighted by molar-refractivity contribution is 0.888. The first-order valence-electron chi connectivity index (χ1n) is 5.92. The number of nitriles is 1. The highest BCUT2D eigenvalue weighted by Gasteiger charge is 2.10. The Balaban J connectivity index is 2.22. The third-order valence-corrected chi connectivity index (χ3v) is 3.25. The molecule has 1 atom stereocenters. The molecule has 1 unspecified atom stereocenters. The summed E-state index contributed by atoms with van der Waals surface area (Å²) < 4.78 is 0. The van der Waals surface area contributed by atoms with Crippen molar-refractivity contribution in [1.29, 1.82) is 5.26 Å². The summed E-state index contributed by atoms with van der Waals surface area (Å²) in [5.41, 5.74) is 9.03. The molecule has 0 bridgehead atoms. The molecule has 0 aliphatic heterocycles. The maximum atomic E-state index is 8.80. The van der Waals surface area contributed by atoms with Crippen LogP contribution in [0.25, 0.3) is 0 Å². The van der Waals surface area contributed by atoms with E-state index in [2.05, 4.69) is 11.4 Å². The van der Waals surface area contributed by atoms with E-state index in [1.807, 2.05) is 31.2 Å². The van der Waals surface area contributed by atoms with Crippen LogP contribution in [0.15, 0.2) is 42.5 Å². The van der Waals surface area contributed by atoms with Gasteiger partial charge in [-0.05, 0) is 36.8 Å². The second-order valence-corrected chi connectivity index (χ2v) is 4.71. The van der Waals surface area contributed by atoms with Crippen LogP contribution >= 0.6 is 11.6 Å². The van der Waals surface area contributed by atoms with E-state index in [-0.39, 0.29) is 6.04 Å². The minimum atomic E-state index is 0.0339. The standard InChI is InChI=1S/C15H14ClN3/c1-10(12-4-2-3-5-14(12)18)19-15-7-6-11(9-17)8-13(15)16/h2-8,10,19H,18H2,1H3. The number of nitrogens with zero attached hydrogens (tertiary/aromatic N) is 1. The van der Waals surface area contributed by atoms with Gasteiger partial charge >= 0.3 is 0 Å². The predicted molar refractivity (Wildman–Crippen MR) is 79.1 cm³/mol. The number of anilines is 2. The van der Waals surface area contributed by atoms with Gasteiger partial charge in [-0.25, -0.2) is 0 Å². The van der Waals surface area contributed by atoms with Crippen LogP contribution in [0.4, 0.5) is 11.4 Å². The molecule has 0 fully saturated rings. The van der Waals surface area contributed by atoms with Crippen molar-refractivity contribution in [3.05, 3.63) is 58.6 Å². The molecular formula is C15H14ClN3. The first-order valence-corrected chi connectivity index (χ1v) is 6.30. The Bertz CT molecular complexity index is 632. The molecule has 0 aliphatic carbocycles. The topological polar surface area (TPSA) is 61.8 Å². The van der Waals surface area contributed by atoms with Crippen molar-refractivity contribution in [2.75, 3.05) is 11.1 Å². The summed E-state index contributed by atoms with van der Waals surface area (Å²) >= 11 is 6.13. The van der Waals surface area contributed by atoms with Crippen LogP contribution in [0.3, 0.4) is 0 Å².